The van der Waals surface area contributed by atoms with Crippen molar-refractivity contribution in [3.8, 4) is 0 Å². The Bertz CT molecular complexity index is 901. The molecule has 0 fully saturated rings. The molecule has 1 aliphatic rings. The Kier molecular flexibility index (Phi) is 4.44. The number of carbonyl (C=O) groups is 2. The molecule has 6 nitrogen and oxygen atoms in total. The highest BCUT2D eigenvalue weighted by molar-refractivity contribution is 5.99. The Morgan fingerprint density at radius 1 is 1.20 bits per heavy atom. The Balaban J connectivity index is 1.78. The first kappa shape index (κ1) is 17.0. The van der Waals surface area contributed by atoms with Crippen LogP contribution in [0.1, 0.15) is 44.8 Å². The summed E-state index contributed by atoms with van der Waals surface area (Å²) >= 11 is 0. The van der Waals surface area contributed by atoms with E-state index in [0.717, 1.165) is 5.56 Å². The molecule has 130 valence electrons. The van der Waals surface area contributed by atoms with E-state index < -0.39 is 0 Å². The normalized spacial score (nSPS) is 16.0. The van der Waals surface area contributed by atoms with Gasteiger partial charge in [0.1, 0.15) is 0 Å². The molecule has 0 aliphatic carbocycles. The van der Waals surface area contributed by atoms with Crippen LogP contribution in [0, 0.1) is 0 Å². The van der Waals surface area contributed by atoms with Crippen LogP contribution in [0.15, 0.2) is 41.3 Å². The number of fused-ring (bicyclic) bond motifs is 1. The number of hydrogen-bond donors (Lipinski definition) is 1. The van der Waals surface area contributed by atoms with Gasteiger partial charge in [0.25, 0.3) is 17.4 Å². The number of amides is 2. The predicted octanol–water partition coefficient (Wildman–Crippen LogP) is 1.50. The molecule has 1 N–H and O–H groups in total. The lowest BCUT2D eigenvalue weighted by Gasteiger charge is -2.21. The molecule has 2 aromatic rings. The van der Waals surface area contributed by atoms with E-state index in [0.29, 0.717) is 29.7 Å². The number of carbonyl (C=O) groups excluding carboxylic acids is 2. The van der Waals surface area contributed by atoms with Gasteiger partial charge in [0.2, 0.25) is 0 Å². The second-order valence-corrected chi connectivity index (χ2v) is 6.25. The first-order chi connectivity index (χ1) is 11.9. The number of pyridine rings is 1. The smallest absolute Gasteiger partial charge is 0.254 e. The maximum atomic E-state index is 12.5. The second kappa shape index (κ2) is 6.55. The molecule has 2 heterocycles. The summed E-state index contributed by atoms with van der Waals surface area (Å²) in [6.07, 6.45) is 2.11. The third-order valence-electron chi connectivity index (χ3n) is 4.69. The van der Waals surface area contributed by atoms with Gasteiger partial charge in [-0.2, -0.15) is 0 Å². The number of nitrogens with zero attached hydrogens (tertiary/aromatic N) is 2. The van der Waals surface area contributed by atoms with E-state index in [-0.39, 0.29) is 23.4 Å². The molecule has 0 bridgehead atoms. The molecule has 2 amide bonds. The molecule has 1 atom stereocenters. The highest BCUT2D eigenvalue weighted by Gasteiger charge is 2.33. The summed E-state index contributed by atoms with van der Waals surface area (Å²) in [5.41, 5.74) is 2.56. The van der Waals surface area contributed by atoms with E-state index in [4.69, 9.17) is 0 Å². The van der Waals surface area contributed by atoms with Gasteiger partial charge in [-0.3, -0.25) is 14.4 Å². The number of rotatable bonds is 4. The minimum Gasteiger partial charge on any atom is -0.350 e. The summed E-state index contributed by atoms with van der Waals surface area (Å²) in [5, 5.41) is 2.88. The highest BCUT2D eigenvalue weighted by Crippen LogP contribution is 2.31. The summed E-state index contributed by atoms with van der Waals surface area (Å²) in [6, 6.07) is 8.88. The maximum absolute atomic E-state index is 12.5. The largest absolute Gasteiger partial charge is 0.350 e. The molecular formula is C19H21N3O3. The molecule has 0 radical (unpaired) electrons. The molecule has 1 aliphatic heterocycles. The van der Waals surface area contributed by atoms with Crippen LogP contribution in [0.5, 0.6) is 0 Å². The fraction of sp³-hybridized carbons (Fsp3) is 0.316. The van der Waals surface area contributed by atoms with Crippen LogP contribution in [-0.2, 0) is 13.5 Å². The number of likely N-dealkylation sites (N-methyl/N-ethyl adjacent to an activating group) is 1. The Morgan fingerprint density at radius 3 is 2.64 bits per heavy atom. The van der Waals surface area contributed by atoms with Gasteiger partial charge in [0.05, 0.1) is 11.6 Å². The van der Waals surface area contributed by atoms with E-state index in [9.17, 15) is 14.4 Å². The fourth-order valence-electron chi connectivity index (χ4n) is 3.22. The Morgan fingerprint density at radius 2 is 1.92 bits per heavy atom. The van der Waals surface area contributed by atoms with E-state index in [1.807, 2.05) is 25.1 Å². The van der Waals surface area contributed by atoms with Crippen LogP contribution >= 0.6 is 0 Å². The number of aryl methyl sites for hydroxylation is 2. The van der Waals surface area contributed by atoms with Gasteiger partial charge in [-0.15, -0.1) is 0 Å². The first-order valence-corrected chi connectivity index (χ1v) is 8.27. The van der Waals surface area contributed by atoms with Crippen molar-refractivity contribution in [2.75, 3.05) is 13.6 Å². The average Bonchev–Trinajstić information content (AvgIpc) is 2.86. The standard InChI is InChI=1S/C19H21N3O3/c1-4-12-9-13(11-21(2)18(12)24)17(23)20-10-16-14-7-5-6-8-15(14)19(25)22(16)3/h5-9,11,16H,4,10H2,1-3H3,(H,20,23). The number of aromatic nitrogens is 1. The number of benzene rings is 1. The van der Waals surface area contributed by atoms with Crippen molar-refractivity contribution in [1.29, 1.82) is 0 Å². The molecule has 1 aromatic heterocycles. The van der Waals surface area contributed by atoms with Gasteiger partial charge < -0.3 is 14.8 Å². The molecule has 0 saturated carbocycles. The third kappa shape index (κ3) is 2.95. The van der Waals surface area contributed by atoms with Crippen molar-refractivity contribution < 1.29 is 9.59 Å². The number of hydrogen-bond acceptors (Lipinski definition) is 3. The summed E-state index contributed by atoms with van der Waals surface area (Å²) in [4.78, 5) is 38.4. The lowest BCUT2D eigenvalue weighted by atomic mass is 10.0. The van der Waals surface area contributed by atoms with Crippen molar-refractivity contribution in [2.24, 2.45) is 7.05 Å². The lowest BCUT2D eigenvalue weighted by Crippen LogP contribution is -2.35. The van der Waals surface area contributed by atoms with Crippen molar-refractivity contribution in [3.63, 3.8) is 0 Å². The first-order valence-electron chi connectivity index (χ1n) is 8.27. The quantitative estimate of drug-likeness (QED) is 0.918. The van der Waals surface area contributed by atoms with Gasteiger partial charge in [-0.05, 0) is 24.1 Å². The van der Waals surface area contributed by atoms with Crippen molar-refractivity contribution in [3.05, 3.63) is 69.1 Å². The van der Waals surface area contributed by atoms with Gasteiger partial charge in [0, 0.05) is 38.0 Å². The molecule has 25 heavy (non-hydrogen) atoms. The van der Waals surface area contributed by atoms with Crippen LogP contribution in [0.4, 0.5) is 0 Å². The van der Waals surface area contributed by atoms with Crippen LogP contribution < -0.4 is 10.9 Å². The molecule has 1 aromatic carbocycles. The van der Waals surface area contributed by atoms with Gasteiger partial charge >= 0.3 is 0 Å². The van der Waals surface area contributed by atoms with E-state index >= 15 is 0 Å². The summed E-state index contributed by atoms with van der Waals surface area (Å²) < 4.78 is 1.42. The van der Waals surface area contributed by atoms with Gasteiger partial charge in [-0.25, -0.2) is 0 Å². The zero-order chi connectivity index (χ0) is 18.1. The van der Waals surface area contributed by atoms with Crippen molar-refractivity contribution >= 4 is 11.8 Å². The zero-order valence-corrected chi connectivity index (χ0v) is 14.6. The van der Waals surface area contributed by atoms with Crippen molar-refractivity contribution in [1.82, 2.24) is 14.8 Å². The molecule has 1 unspecified atom stereocenters. The second-order valence-electron chi connectivity index (χ2n) is 6.25. The summed E-state index contributed by atoms with van der Waals surface area (Å²) in [6.45, 7) is 2.21. The fourth-order valence-corrected chi connectivity index (χ4v) is 3.22. The Labute approximate surface area is 146 Å². The van der Waals surface area contributed by atoms with Crippen molar-refractivity contribution in [2.45, 2.75) is 19.4 Å². The molecular weight excluding hydrogens is 318 g/mol. The molecule has 0 saturated heterocycles. The summed E-state index contributed by atoms with van der Waals surface area (Å²) in [5.74, 6) is -0.291. The lowest BCUT2D eigenvalue weighted by molar-refractivity contribution is 0.0761. The van der Waals surface area contributed by atoms with Crippen LogP contribution in [0.3, 0.4) is 0 Å². The number of nitrogens with one attached hydrogen (secondary N) is 1. The average molecular weight is 339 g/mol. The third-order valence-corrected chi connectivity index (χ3v) is 4.69. The van der Waals surface area contributed by atoms with Gasteiger partial charge in [-0.1, -0.05) is 25.1 Å². The minimum absolute atomic E-state index is 0.0368. The zero-order valence-electron chi connectivity index (χ0n) is 14.6. The van der Waals surface area contributed by atoms with Crippen LogP contribution in [0.2, 0.25) is 0 Å². The van der Waals surface area contributed by atoms with Crippen LogP contribution in [-0.4, -0.2) is 34.9 Å². The highest BCUT2D eigenvalue weighted by atomic mass is 16.2. The van der Waals surface area contributed by atoms with E-state index in [1.165, 1.54) is 10.8 Å². The maximum Gasteiger partial charge on any atom is 0.254 e. The van der Waals surface area contributed by atoms with Crippen LogP contribution in [0.25, 0.3) is 0 Å². The Hall–Kier alpha value is -2.89. The molecule has 6 heteroatoms. The SMILES string of the molecule is CCc1cc(C(=O)NCC2c3ccccc3C(=O)N2C)cn(C)c1=O. The summed E-state index contributed by atoms with van der Waals surface area (Å²) in [7, 11) is 3.37. The molecule has 3 rings (SSSR count). The van der Waals surface area contributed by atoms with E-state index in [1.54, 1.807) is 31.1 Å². The van der Waals surface area contributed by atoms with Gasteiger partial charge in [0.15, 0.2) is 0 Å². The predicted molar refractivity (Wildman–Crippen MR) is 94.7 cm³/mol. The van der Waals surface area contributed by atoms with E-state index in [2.05, 4.69) is 5.32 Å². The monoisotopic (exact) mass is 339 g/mol. The minimum atomic E-state index is -0.254. The molecule has 0 spiro atoms. The topological polar surface area (TPSA) is 71.4 Å².